The molecule has 10 aromatic rings. The van der Waals surface area contributed by atoms with E-state index in [2.05, 4.69) is 125 Å². The summed E-state index contributed by atoms with van der Waals surface area (Å²) in [6, 6.07) is 31.8. The third-order valence-electron chi connectivity index (χ3n) is 25.4. The van der Waals surface area contributed by atoms with Crippen LogP contribution in [0.25, 0.3) is 65.9 Å². The molecule has 117 heavy (non-hydrogen) atoms. The molecule has 8 fully saturated rings. The van der Waals surface area contributed by atoms with Gasteiger partial charge in [0.1, 0.15) is 30.1 Å². The number of hydrogen-bond acceptors (Lipinski definition) is 20. The van der Waals surface area contributed by atoms with E-state index in [1.807, 2.05) is 55.4 Å². The number of benzene rings is 4. The first-order valence-corrected chi connectivity index (χ1v) is 41.1. The summed E-state index contributed by atoms with van der Waals surface area (Å²) >= 11 is 0. The molecule has 604 valence electrons. The minimum atomic E-state index is -1.02. The van der Waals surface area contributed by atoms with Crippen LogP contribution in [0.5, 0.6) is 11.8 Å². The van der Waals surface area contributed by atoms with Crippen molar-refractivity contribution < 1.29 is 71.2 Å². The molecule has 3 N–H and O–H groups in total. The van der Waals surface area contributed by atoms with E-state index in [4.69, 9.17) is 28.4 Å². The average molecular weight is 1590 g/mol. The summed E-state index contributed by atoms with van der Waals surface area (Å²) in [6.07, 6.45) is 26.7. The predicted molar refractivity (Wildman–Crippen MR) is 431 cm³/mol. The average Bonchev–Trinajstić information content (AvgIpc) is 1.65. The van der Waals surface area contributed by atoms with Gasteiger partial charge in [0.05, 0.1) is 57.7 Å². The number of anilines is 1. The van der Waals surface area contributed by atoms with Gasteiger partial charge in [0.15, 0.2) is 0 Å². The minimum Gasteiger partial charge on any atom is -0.474 e. The fourth-order valence-electron chi connectivity index (χ4n) is 18.1. The van der Waals surface area contributed by atoms with E-state index in [0.29, 0.717) is 41.0 Å². The Morgan fingerprint density at radius 2 is 0.838 bits per heavy atom. The highest BCUT2D eigenvalue weighted by Gasteiger charge is 2.47. The van der Waals surface area contributed by atoms with Crippen LogP contribution in [0.15, 0.2) is 146 Å². The quantitative estimate of drug-likeness (QED) is 0.0448. The van der Waals surface area contributed by atoms with Gasteiger partial charge in [0.2, 0.25) is 35.4 Å². The molecule has 8 amide bonds. The molecule has 0 bridgehead atoms. The molecule has 20 rings (SSSR count). The van der Waals surface area contributed by atoms with Crippen molar-refractivity contribution in [2.24, 2.45) is 37.8 Å². The molecular weight excluding hydrogens is 1490 g/mol. The number of hydrogen-bond donors (Lipinski definition) is 3. The van der Waals surface area contributed by atoms with Crippen LogP contribution in [0.3, 0.4) is 0 Å². The van der Waals surface area contributed by atoms with Crippen LogP contribution < -0.4 is 30.3 Å². The highest BCUT2D eigenvalue weighted by molar-refractivity contribution is 6.25. The molecular formula is C90H93FN12O14. The van der Waals surface area contributed by atoms with E-state index < -0.39 is 59.3 Å². The molecule has 0 radical (unpaired) electrons. The highest BCUT2D eigenvalue weighted by Crippen LogP contribution is 2.43. The topological polar surface area (TPSA) is 299 Å². The van der Waals surface area contributed by atoms with Gasteiger partial charge in [-0.3, -0.25) is 68.8 Å². The molecule has 0 spiro atoms. The predicted octanol–water partition coefficient (Wildman–Crippen LogP) is 11.6. The fourth-order valence-corrected chi connectivity index (χ4v) is 18.1. The monoisotopic (exact) mass is 1580 g/mol. The highest BCUT2D eigenvalue weighted by atomic mass is 19.1. The Bertz CT molecular complexity index is 5510. The second-order valence-electron chi connectivity index (χ2n) is 33.0. The molecule has 12 heterocycles. The summed E-state index contributed by atoms with van der Waals surface area (Å²) in [5, 5.41) is 12.3. The number of ether oxygens (including phenoxy) is 6. The second kappa shape index (κ2) is 33.0. The summed E-state index contributed by atoms with van der Waals surface area (Å²) in [5.41, 5.74) is 10.6. The Balaban J connectivity index is 0.000000137. The number of fused-ring (bicyclic) bond motifs is 8. The summed E-state index contributed by atoms with van der Waals surface area (Å²) < 4.78 is 54.2. The number of aryl methyl sites for hydroxylation is 2. The third-order valence-corrected chi connectivity index (χ3v) is 25.4. The molecule has 2 unspecified atom stereocenters. The van der Waals surface area contributed by atoms with E-state index in [-0.39, 0.29) is 67.1 Å². The molecule has 6 aromatic heterocycles. The van der Waals surface area contributed by atoms with E-state index in [9.17, 15) is 42.7 Å². The summed E-state index contributed by atoms with van der Waals surface area (Å²) in [5.74, 6) is -0.596. The van der Waals surface area contributed by atoms with Crippen molar-refractivity contribution in [3.05, 3.63) is 174 Å². The normalized spacial score (nSPS) is 24.2. The van der Waals surface area contributed by atoms with Gasteiger partial charge in [-0.05, 0) is 172 Å². The van der Waals surface area contributed by atoms with Crippen molar-refractivity contribution in [2.45, 2.75) is 151 Å². The number of pyridine rings is 4. The summed E-state index contributed by atoms with van der Waals surface area (Å²) in [4.78, 5) is 119. The molecule has 4 saturated heterocycles. The van der Waals surface area contributed by atoms with E-state index >= 15 is 0 Å². The minimum absolute atomic E-state index is 0.0537. The SMILES string of the molecule is Cn1c2ccncc2c2ccc(-c3ccc(OC4CC(OCCC5CC(CCOC6CN(c7ccc8c(c7)C(=O)N(C7CCC(=O)NC7=O)C8=O)C6)C5)C4)nc3)cc21.Cn1c2ccncc2c2ccc(-c3ccc(OC4CC(OCCC5CC(CCOC6CNC6)C5)C4)nc3)cc21.O=C1CCC(N2C(=O)c3ccc(F)cc3C2=O)C(=O)N1. The first-order chi connectivity index (χ1) is 56.9. The van der Waals surface area contributed by atoms with E-state index in [0.717, 1.165) is 164 Å². The van der Waals surface area contributed by atoms with Crippen molar-refractivity contribution in [2.75, 3.05) is 57.5 Å². The number of nitrogens with zero attached hydrogens (tertiary/aromatic N) is 9. The Morgan fingerprint density at radius 1 is 0.410 bits per heavy atom. The Hall–Kier alpha value is -11.2. The Labute approximate surface area is 674 Å². The number of nitrogens with one attached hydrogen (secondary N) is 3. The Morgan fingerprint density at radius 3 is 1.27 bits per heavy atom. The van der Waals surface area contributed by atoms with Gasteiger partial charge >= 0.3 is 0 Å². The van der Waals surface area contributed by atoms with Crippen molar-refractivity contribution in [1.29, 1.82) is 0 Å². The van der Waals surface area contributed by atoms with Crippen molar-refractivity contribution >= 4 is 96.6 Å². The maximum Gasteiger partial charge on any atom is 0.262 e. The van der Waals surface area contributed by atoms with Crippen LogP contribution >= 0.6 is 0 Å². The standard InChI is InChI=1S/C45H46N6O7.C32H38N4O3.C13H9FN2O4/c1-49-38-10-13-46-23-37(38)34-5-2-28(18-40(34)49)29-3-9-42(47-22-29)58-32-20-31(21-32)56-14-11-26-16-27(17-26)12-15-57-33-24-50(25-33)30-4-6-35-36(19-30)45(55)51(44(35)54)39-7-8-41(52)48-43(39)53;1-36-30-6-9-33-20-29(30)28-4-2-23(14-31(28)36)24-3-5-32(35-17-24)39-26-15-25(16-26)37-10-7-21-12-22(13-21)8-11-38-27-18-34-19-27;14-6-1-2-7-8(5-6)13(20)16(12(7)19)9-3-4-10(17)15-11(9)18/h2-6,9-10,13,18-19,22-23,26-27,31-33,39H,7-8,11-12,14-17,20-21,24-25H2,1H3,(H,48,52,53);2-6,9,14,17,20-22,25-27,34H,7-8,10-13,15-16,18-19H2,1H3;1-2,5,9H,3-4H2,(H,15,17,18). The molecule has 4 aliphatic carbocycles. The molecule has 2 atom stereocenters. The van der Waals surface area contributed by atoms with Crippen LogP contribution in [0, 0.1) is 29.5 Å². The lowest BCUT2D eigenvalue weighted by Gasteiger charge is -2.41. The number of amides is 8. The number of aromatic nitrogens is 6. The summed E-state index contributed by atoms with van der Waals surface area (Å²) in [6.45, 7) is 6.85. The van der Waals surface area contributed by atoms with Crippen LogP contribution in [-0.4, -0.2) is 187 Å². The van der Waals surface area contributed by atoms with E-state index in [1.54, 1.807) is 12.1 Å². The first-order valence-electron chi connectivity index (χ1n) is 41.1. The van der Waals surface area contributed by atoms with Crippen molar-refractivity contribution in [1.82, 2.24) is 54.8 Å². The van der Waals surface area contributed by atoms with Gasteiger partial charge in [-0.15, -0.1) is 0 Å². The number of piperidine rings is 2. The van der Waals surface area contributed by atoms with Crippen molar-refractivity contribution in [3.63, 3.8) is 0 Å². The number of halogens is 1. The van der Waals surface area contributed by atoms with Gasteiger partial charge < -0.3 is 47.8 Å². The molecule has 6 aliphatic heterocycles. The fraction of sp³-hybridized carbons (Fsp3) is 0.422. The molecule has 26 nitrogen and oxygen atoms in total. The molecule has 4 saturated carbocycles. The van der Waals surface area contributed by atoms with Crippen LogP contribution in [0.4, 0.5) is 10.1 Å². The second-order valence-corrected chi connectivity index (χ2v) is 33.0. The molecule has 4 aromatic carbocycles. The lowest BCUT2D eigenvalue weighted by Crippen LogP contribution is -2.54. The number of imide groups is 4. The lowest BCUT2D eigenvalue weighted by atomic mass is 9.72. The zero-order valence-corrected chi connectivity index (χ0v) is 65.4. The molecule has 10 aliphatic rings. The molecule has 27 heteroatoms. The number of carbonyl (C=O) groups excluding carboxylic acids is 8. The first kappa shape index (κ1) is 77.0. The third kappa shape index (κ3) is 16.0. The maximum atomic E-state index is 13.2. The summed E-state index contributed by atoms with van der Waals surface area (Å²) in [7, 11) is 4.20. The van der Waals surface area contributed by atoms with Crippen LogP contribution in [0.2, 0.25) is 0 Å². The number of rotatable bonds is 25. The maximum absolute atomic E-state index is 13.2. The van der Waals surface area contributed by atoms with Crippen molar-refractivity contribution in [3.8, 4) is 34.0 Å². The van der Waals surface area contributed by atoms with Gasteiger partial charge in [-0.1, -0.05) is 24.3 Å². The zero-order chi connectivity index (χ0) is 80.1. The van der Waals surface area contributed by atoms with Crippen LogP contribution in [0.1, 0.15) is 144 Å². The zero-order valence-electron chi connectivity index (χ0n) is 65.4. The van der Waals surface area contributed by atoms with E-state index in [1.165, 1.54) is 82.8 Å². The van der Waals surface area contributed by atoms with Gasteiger partial charge in [-0.25, -0.2) is 14.4 Å². The van der Waals surface area contributed by atoms with Crippen LogP contribution in [-0.2, 0) is 52.2 Å². The smallest absolute Gasteiger partial charge is 0.262 e. The van der Waals surface area contributed by atoms with Gasteiger partial charge in [0, 0.05) is 204 Å². The van der Waals surface area contributed by atoms with Gasteiger partial charge in [-0.2, -0.15) is 0 Å². The largest absolute Gasteiger partial charge is 0.474 e. The van der Waals surface area contributed by atoms with Gasteiger partial charge in [0.25, 0.3) is 23.6 Å². The number of carbonyl (C=O) groups is 8. The Kier molecular flexibility index (Phi) is 21.8. The lowest BCUT2D eigenvalue weighted by molar-refractivity contribution is -0.137.